The summed E-state index contributed by atoms with van der Waals surface area (Å²) >= 11 is 6.45. The minimum atomic E-state index is -0.287. The predicted molar refractivity (Wildman–Crippen MR) is 102 cm³/mol. The highest BCUT2D eigenvalue weighted by atomic mass is 35.5. The van der Waals surface area contributed by atoms with Crippen LogP contribution in [0.15, 0.2) is 42.9 Å². The molecule has 0 aliphatic heterocycles. The molecule has 0 spiro atoms. The summed E-state index contributed by atoms with van der Waals surface area (Å²) in [7, 11) is 1.84. The molecule has 4 aromatic rings. The van der Waals surface area contributed by atoms with Crippen molar-refractivity contribution >= 4 is 22.6 Å². The molecule has 1 aromatic carbocycles. The topological polar surface area (TPSA) is 56.5 Å². The van der Waals surface area contributed by atoms with Crippen LogP contribution < -0.4 is 0 Å². The number of pyridine rings is 1. The van der Waals surface area contributed by atoms with Crippen molar-refractivity contribution < 1.29 is 4.39 Å². The molecule has 1 aliphatic rings. The van der Waals surface area contributed by atoms with Gasteiger partial charge < -0.3 is 0 Å². The van der Waals surface area contributed by atoms with Gasteiger partial charge >= 0.3 is 0 Å². The van der Waals surface area contributed by atoms with Gasteiger partial charge in [-0.25, -0.2) is 19.3 Å². The third-order valence-electron chi connectivity index (χ3n) is 4.81. The van der Waals surface area contributed by atoms with E-state index in [1.54, 1.807) is 16.8 Å². The van der Waals surface area contributed by atoms with Gasteiger partial charge in [-0.2, -0.15) is 5.10 Å². The summed E-state index contributed by atoms with van der Waals surface area (Å²) in [5, 5.41) is 5.05. The lowest BCUT2D eigenvalue weighted by Crippen LogP contribution is -1.95. The smallest absolute Gasteiger partial charge is 0.133 e. The van der Waals surface area contributed by atoms with Crippen molar-refractivity contribution in [2.45, 2.75) is 18.8 Å². The van der Waals surface area contributed by atoms with E-state index < -0.39 is 0 Å². The van der Waals surface area contributed by atoms with Gasteiger partial charge in [-0.1, -0.05) is 11.6 Å². The van der Waals surface area contributed by atoms with E-state index in [0.717, 1.165) is 35.0 Å². The molecule has 1 aliphatic carbocycles. The Morgan fingerprint density at radius 2 is 1.89 bits per heavy atom. The van der Waals surface area contributed by atoms with Gasteiger partial charge in [-0.3, -0.25) is 4.68 Å². The Kier molecular flexibility index (Phi) is 3.68. The maximum atomic E-state index is 13.3. The molecule has 0 saturated heterocycles. The average molecular weight is 380 g/mol. The van der Waals surface area contributed by atoms with Crippen molar-refractivity contribution in [1.29, 1.82) is 0 Å². The number of fused-ring (bicyclic) bond motifs is 1. The Hall–Kier alpha value is -2.86. The lowest BCUT2D eigenvalue weighted by atomic mass is 10.0. The molecule has 7 heteroatoms. The highest BCUT2D eigenvalue weighted by Gasteiger charge is 2.28. The summed E-state index contributed by atoms with van der Waals surface area (Å²) in [5.74, 6) is 0.200. The zero-order valence-electron chi connectivity index (χ0n) is 14.5. The monoisotopic (exact) mass is 379 g/mol. The number of halogens is 2. The zero-order chi connectivity index (χ0) is 18.5. The van der Waals surface area contributed by atoms with E-state index in [-0.39, 0.29) is 5.82 Å². The number of nitrogens with zero attached hydrogens (tertiary/aromatic N) is 5. The van der Waals surface area contributed by atoms with Crippen LogP contribution in [0.5, 0.6) is 0 Å². The molecule has 5 rings (SSSR count). The van der Waals surface area contributed by atoms with Gasteiger partial charge in [0, 0.05) is 24.4 Å². The second-order valence-electron chi connectivity index (χ2n) is 6.80. The van der Waals surface area contributed by atoms with Crippen molar-refractivity contribution in [2.24, 2.45) is 7.05 Å². The molecule has 0 radical (unpaired) electrons. The van der Waals surface area contributed by atoms with E-state index in [9.17, 15) is 4.39 Å². The van der Waals surface area contributed by atoms with E-state index in [2.05, 4.69) is 20.1 Å². The first-order valence-electron chi connectivity index (χ1n) is 8.71. The molecule has 3 heterocycles. The van der Waals surface area contributed by atoms with E-state index >= 15 is 0 Å². The molecule has 0 unspecified atom stereocenters. The van der Waals surface area contributed by atoms with Crippen LogP contribution in [0.2, 0.25) is 5.15 Å². The van der Waals surface area contributed by atoms with E-state index in [0.29, 0.717) is 28.0 Å². The molecule has 1 fully saturated rings. The summed E-state index contributed by atoms with van der Waals surface area (Å²) in [6, 6.07) is 8.26. The minimum Gasteiger partial charge on any atom is -0.274 e. The lowest BCUT2D eigenvalue weighted by molar-refractivity contribution is 0.628. The van der Waals surface area contributed by atoms with Gasteiger partial charge in [-0.05, 0) is 54.7 Å². The Bertz CT molecular complexity index is 1170. The molecule has 1 saturated carbocycles. The number of hydrogen-bond acceptors (Lipinski definition) is 4. The summed E-state index contributed by atoms with van der Waals surface area (Å²) in [6.45, 7) is 0. The van der Waals surface area contributed by atoms with Crippen molar-refractivity contribution in [3.63, 3.8) is 0 Å². The third kappa shape index (κ3) is 2.86. The molecule has 0 N–H and O–H groups in total. The van der Waals surface area contributed by atoms with Crippen molar-refractivity contribution in [2.75, 3.05) is 0 Å². The Balaban J connectivity index is 1.72. The van der Waals surface area contributed by atoms with Crippen molar-refractivity contribution in [3.8, 4) is 22.5 Å². The molecule has 0 atom stereocenters. The molecule has 0 amide bonds. The molecule has 3 aromatic heterocycles. The van der Waals surface area contributed by atoms with E-state index in [4.69, 9.17) is 11.6 Å². The third-order valence-corrected chi connectivity index (χ3v) is 5.11. The van der Waals surface area contributed by atoms with Gasteiger partial charge in [-0.15, -0.1) is 0 Å². The van der Waals surface area contributed by atoms with Crippen LogP contribution >= 0.6 is 11.6 Å². The molecule has 0 bridgehead atoms. The van der Waals surface area contributed by atoms with Crippen LogP contribution in [-0.4, -0.2) is 24.7 Å². The summed E-state index contributed by atoms with van der Waals surface area (Å²) < 4.78 is 15.0. The van der Waals surface area contributed by atoms with Gasteiger partial charge in [0.15, 0.2) is 0 Å². The fourth-order valence-electron chi connectivity index (χ4n) is 3.34. The normalized spacial score (nSPS) is 14.0. The molecule has 134 valence electrons. The predicted octanol–water partition coefficient (Wildman–Crippen LogP) is 4.76. The summed E-state index contributed by atoms with van der Waals surface area (Å²) in [6.07, 6.45) is 5.69. The first-order valence-corrected chi connectivity index (χ1v) is 9.09. The van der Waals surface area contributed by atoms with Gasteiger partial charge in [0.2, 0.25) is 0 Å². The maximum absolute atomic E-state index is 13.3. The second-order valence-corrected chi connectivity index (χ2v) is 7.16. The van der Waals surface area contributed by atoms with Gasteiger partial charge in [0.05, 0.1) is 5.52 Å². The molecular weight excluding hydrogens is 365 g/mol. The minimum absolute atomic E-state index is 0.287. The van der Waals surface area contributed by atoms with Crippen LogP contribution in [0.4, 0.5) is 4.39 Å². The fourth-order valence-corrected chi connectivity index (χ4v) is 3.63. The molecule has 5 nitrogen and oxygen atoms in total. The summed E-state index contributed by atoms with van der Waals surface area (Å²) in [5.41, 5.74) is 5.44. The Morgan fingerprint density at radius 1 is 1.11 bits per heavy atom. The first-order chi connectivity index (χ1) is 13.1. The fraction of sp³-hybridized carbons (Fsp3) is 0.200. The van der Waals surface area contributed by atoms with Gasteiger partial charge in [0.1, 0.15) is 34.2 Å². The quantitative estimate of drug-likeness (QED) is 0.481. The van der Waals surface area contributed by atoms with Crippen LogP contribution in [0.25, 0.3) is 33.5 Å². The first kappa shape index (κ1) is 16.3. The molecule has 27 heavy (non-hydrogen) atoms. The lowest BCUT2D eigenvalue weighted by Gasteiger charge is -2.08. The van der Waals surface area contributed by atoms with Crippen molar-refractivity contribution in [3.05, 3.63) is 59.4 Å². The highest BCUT2D eigenvalue weighted by molar-refractivity contribution is 6.30. The number of benzene rings is 1. The number of aryl methyl sites for hydroxylation is 1. The SMILES string of the molecule is Cn1cc(-c2ncnc3cc(C4CC4)c(Cl)nc23)c(-c2ccc(F)cc2)n1. The number of rotatable bonds is 3. The average Bonchev–Trinajstić information content (AvgIpc) is 3.43. The maximum Gasteiger partial charge on any atom is 0.133 e. The second kappa shape index (κ2) is 6.09. The number of aromatic nitrogens is 5. The van der Waals surface area contributed by atoms with E-state index in [1.165, 1.54) is 18.5 Å². The molecular formula is C20H15ClFN5. The summed E-state index contributed by atoms with van der Waals surface area (Å²) in [4.78, 5) is 13.5. The van der Waals surface area contributed by atoms with Crippen LogP contribution in [0.3, 0.4) is 0 Å². The van der Waals surface area contributed by atoms with Crippen LogP contribution in [0, 0.1) is 5.82 Å². The van der Waals surface area contributed by atoms with Gasteiger partial charge in [0.25, 0.3) is 0 Å². The Morgan fingerprint density at radius 3 is 2.63 bits per heavy atom. The van der Waals surface area contributed by atoms with Crippen LogP contribution in [0.1, 0.15) is 24.3 Å². The van der Waals surface area contributed by atoms with Crippen molar-refractivity contribution in [1.82, 2.24) is 24.7 Å². The van der Waals surface area contributed by atoms with E-state index in [1.807, 2.05) is 19.3 Å². The Labute approximate surface area is 159 Å². The zero-order valence-corrected chi connectivity index (χ0v) is 15.3. The standard InChI is InChI=1S/C20H15ClFN5/c1-27-9-15(17(26-27)12-4-6-13(22)7-5-12)18-19-16(23-10-24-18)8-14(11-2-3-11)20(21)25-19/h4-11H,2-3H2,1H3. The highest BCUT2D eigenvalue weighted by Crippen LogP contribution is 2.44. The largest absolute Gasteiger partial charge is 0.274 e. The van der Waals surface area contributed by atoms with Crippen LogP contribution in [-0.2, 0) is 7.05 Å². The number of hydrogen-bond donors (Lipinski definition) is 0.